The summed E-state index contributed by atoms with van der Waals surface area (Å²) in [4.78, 5) is 0. The van der Waals surface area contributed by atoms with Gasteiger partial charge in [-0.3, -0.25) is 0 Å². The van der Waals surface area contributed by atoms with Crippen LogP contribution in [0.25, 0.3) is 0 Å². The lowest BCUT2D eigenvalue weighted by Crippen LogP contribution is -2.43. The normalized spacial score (nSPS) is 18.6. The Morgan fingerprint density at radius 2 is 2.05 bits per heavy atom. The molecule has 1 saturated carbocycles. The highest BCUT2D eigenvalue weighted by atomic mass is 16.5. The van der Waals surface area contributed by atoms with E-state index in [1.807, 2.05) is 7.11 Å². The third-order valence-electron chi connectivity index (χ3n) is 4.72. The Morgan fingerprint density at radius 3 is 2.60 bits per heavy atom. The molecule has 2 nitrogen and oxygen atoms in total. The van der Waals surface area contributed by atoms with Crippen LogP contribution in [0, 0.1) is 13.8 Å². The molecule has 0 amide bonds. The van der Waals surface area contributed by atoms with Crippen molar-refractivity contribution in [2.24, 2.45) is 0 Å². The van der Waals surface area contributed by atoms with Crippen molar-refractivity contribution in [3.8, 4) is 0 Å². The topological polar surface area (TPSA) is 21.3 Å². The number of rotatable bonds is 7. The van der Waals surface area contributed by atoms with Crippen LogP contribution in [0.4, 0.5) is 0 Å². The highest BCUT2D eigenvalue weighted by Gasteiger charge is 2.39. The molecule has 2 heteroatoms. The van der Waals surface area contributed by atoms with Gasteiger partial charge in [0, 0.05) is 13.2 Å². The lowest BCUT2D eigenvalue weighted by atomic mass is 9.74. The van der Waals surface area contributed by atoms with Crippen molar-refractivity contribution in [2.45, 2.75) is 64.5 Å². The molecule has 0 aromatic heterocycles. The molecule has 1 aliphatic rings. The molecule has 0 saturated heterocycles. The van der Waals surface area contributed by atoms with Crippen LogP contribution in [0.2, 0.25) is 0 Å². The molecule has 1 unspecified atom stereocenters. The monoisotopic (exact) mass is 275 g/mol. The first kappa shape index (κ1) is 15.5. The highest BCUT2D eigenvalue weighted by Crippen LogP contribution is 2.42. The number of nitrogens with one attached hydrogen (secondary N) is 1. The molecule has 20 heavy (non-hydrogen) atoms. The molecule has 1 atom stereocenters. The fourth-order valence-electron chi connectivity index (χ4n) is 3.18. The van der Waals surface area contributed by atoms with Crippen LogP contribution < -0.4 is 5.32 Å². The molecule has 1 aromatic rings. The Hall–Kier alpha value is -0.860. The lowest BCUT2D eigenvalue weighted by Gasteiger charge is -2.43. The summed E-state index contributed by atoms with van der Waals surface area (Å²) in [5, 5.41) is 3.73. The standard InChI is InChI=1S/C18H29NO/c1-5-11-19-17(13-18(20-4)9-6-10-18)16-12-14(2)7-8-15(16)3/h7-8,12,17,19H,5-6,9-11,13H2,1-4H3. The van der Waals surface area contributed by atoms with E-state index in [0.29, 0.717) is 6.04 Å². The van der Waals surface area contributed by atoms with E-state index >= 15 is 0 Å². The summed E-state index contributed by atoms with van der Waals surface area (Å²) in [7, 11) is 1.87. The van der Waals surface area contributed by atoms with E-state index in [1.54, 1.807) is 0 Å². The summed E-state index contributed by atoms with van der Waals surface area (Å²) < 4.78 is 5.84. The zero-order chi connectivity index (χ0) is 14.6. The van der Waals surface area contributed by atoms with Crippen molar-refractivity contribution in [3.05, 3.63) is 34.9 Å². The van der Waals surface area contributed by atoms with Gasteiger partial charge in [-0.1, -0.05) is 30.7 Å². The number of hydrogen-bond acceptors (Lipinski definition) is 2. The summed E-state index contributed by atoms with van der Waals surface area (Å²) in [6.07, 6.45) is 5.98. The first-order valence-electron chi connectivity index (χ1n) is 7.96. The van der Waals surface area contributed by atoms with E-state index in [9.17, 15) is 0 Å². The minimum absolute atomic E-state index is 0.113. The minimum atomic E-state index is 0.113. The third-order valence-corrected chi connectivity index (χ3v) is 4.72. The predicted molar refractivity (Wildman–Crippen MR) is 85.2 cm³/mol. The Labute approximate surface area is 123 Å². The first-order chi connectivity index (χ1) is 9.60. The van der Waals surface area contributed by atoms with Crippen molar-refractivity contribution in [1.82, 2.24) is 5.32 Å². The predicted octanol–water partition coefficient (Wildman–Crippen LogP) is 4.30. The fraction of sp³-hybridized carbons (Fsp3) is 0.667. The molecule has 0 aliphatic heterocycles. The Morgan fingerprint density at radius 1 is 1.30 bits per heavy atom. The van der Waals surface area contributed by atoms with Gasteiger partial charge in [0.15, 0.2) is 0 Å². The van der Waals surface area contributed by atoms with E-state index in [4.69, 9.17) is 4.74 Å². The molecule has 2 rings (SSSR count). The van der Waals surface area contributed by atoms with E-state index in [2.05, 4.69) is 44.3 Å². The smallest absolute Gasteiger partial charge is 0.0697 e. The van der Waals surface area contributed by atoms with Crippen molar-refractivity contribution < 1.29 is 4.74 Å². The minimum Gasteiger partial charge on any atom is -0.378 e. The number of aryl methyl sites for hydroxylation is 2. The van der Waals surface area contributed by atoms with Crippen LogP contribution in [0.3, 0.4) is 0 Å². The highest BCUT2D eigenvalue weighted by molar-refractivity contribution is 5.33. The molecule has 0 heterocycles. The first-order valence-corrected chi connectivity index (χ1v) is 7.96. The van der Waals surface area contributed by atoms with Gasteiger partial charge in [-0.15, -0.1) is 0 Å². The van der Waals surface area contributed by atoms with Gasteiger partial charge in [0.25, 0.3) is 0 Å². The Kier molecular flexibility index (Phi) is 5.22. The van der Waals surface area contributed by atoms with Gasteiger partial charge < -0.3 is 10.1 Å². The third kappa shape index (κ3) is 3.42. The summed E-state index contributed by atoms with van der Waals surface area (Å²) in [5.74, 6) is 0. The van der Waals surface area contributed by atoms with Gasteiger partial charge in [-0.05, 0) is 63.6 Å². The largest absolute Gasteiger partial charge is 0.378 e. The molecule has 1 fully saturated rings. The number of benzene rings is 1. The van der Waals surface area contributed by atoms with Gasteiger partial charge in [-0.25, -0.2) is 0 Å². The van der Waals surface area contributed by atoms with E-state index in [-0.39, 0.29) is 5.60 Å². The van der Waals surface area contributed by atoms with Crippen LogP contribution in [0.5, 0.6) is 0 Å². The molecule has 112 valence electrons. The van der Waals surface area contributed by atoms with Crippen molar-refractivity contribution in [2.75, 3.05) is 13.7 Å². The average molecular weight is 275 g/mol. The van der Waals surface area contributed by atoms with Crippen LogP contribution in [-0.4, -0.2) is 19.3 Å². The van der Waals surface area contributed by atoms with E-state index < -0.39 is 0 Å². The van der Waals surface area contributed by atoms with Gasteiger partial charge in [0.2, 0.25) is 0 Å². The maximum absolute atomic E-state index is 5.84. The maximum atomic E-state index is 5.84. The van der Waals surface area contributed by atoms with Crippen LogP contribution in [0.1, 0.15) is 61.8 Å². The van der Waals surface area contributed by atoms with Crippen LogP contribution in [-0.2, 0) is 4.74 Å². The van der Waals surface area contributed by atoms with Crippen LogP contribution >= 0.6 is 0 Å². The van der Waals surface area contributed by atoms with Crippen molar-refractivity contribution in [1.29, 1.82) is 0 Å². The lowest BCUT2D eigenvalue weighted by molar-refractivity contribution is -0.0838. The van der Waals surface area contributed by atoms with Gasteiger partial charge in [-0.2, -0.15) is 0 Å². The maximum Gasteiger partial charge on any atom is 0.0697 e. The fourth-order valence-corrected chi connectivity index (χ4v) is 3.18. The molecule has 1 aromatic carbocycles. The Bertz CT molecular complexity index is 432. The molecular formula is C18H29NO. The number of ether oxygens (including phenoxy) is 1. The quantitative estimate of drug-likeness (QED) is 0.801. The van der Waals surface area contributed by atoms with E-state index in [1.165, 1.54) is 42.4 Å². The van der Waals surface area contributed by atoms with Gasteiger partial charge >= 0.3 is 0 Å². The molecule has 1 N–H and O–H groups in total. The van der Waals surface area contributed by atoms with Gasteiger partial charge in [0.05, 0.1) is 5.60 Å². The molecule has 0 spiro atoms. The second-order valence-electron chi connectivity index (χ2n) is 6.31. The van der Waals surface area contributed by atoms with Gasteiger partial charge in [0.1, 0.15) is 0 Å². The second-order valence-corrected chi connectivity index (χ2v) is 6.31. The molecule has 1 aliphatic carbocycles. The molecule has 0 radical (unpaired) electrons. The average Bonchev–Trinajstić information content (AvgIpc) is 2.40. The SMILES string of the molecule is CCCNC(CC1(OC)CCC1)c1cc(C)ccc1C. The molecular weight excluding hydrogens is 246 g/mol. The summed E-state index contributed by atoms with van der Waals surface area (Å²) in [5.41, 5.74) is 4.28. The van der Waals surface area contributed by atoms with E-state index in [0.717, 1.165) is 13.0 Å². The number of methoxy groups -OCH3 is 1. The van der Waals surface area contributed by atoms with Crippen molar-refractivity contribution >= 4 is 0 Å². The molecule has 0 bridgehead atoms. The second kappa shape index (κ2) is 6.73. The summed E-state index contributed by atoms with van der Waals surface area (Å²) in [6.45, 7) is 7.69. The summed E-state index contributed by atoms with van der Waals surface area (Å²) >= 11 is 0. The number of hydrogen-bond donors (Lipinski definition) is 1. The van der Waals surface area contributed by atoms with Crippen LogP contribution in [0.15, 0.2) is 18.2 Å². The Balaban J connectivity index is 2.20. The zero-order valence-electron chi connectivity index (χ0n) is 13.5. The van der Waals surface area contributed by atoms with Crippen molar-refractivity contribution in [3.63, 3.8) is 0 Å². The zero-order valence-corrected chi connectivity index (χ0v) is 13.5. The summed E-state index contributed by atoms with van der Waals surface area (Å²) in [6, 6.07) is 7.19.